The summed E-state index contributed by atoms with van der Waals surface area (Å²) in [5.41, 5.74) is 1.87. The predicted octanol–water partition coefficient (Wildman–Crippen LogP) is 4.40. The summed E-state index contributed by atoms with van der Waals surface area (Å²) < 4.78 is 10.7. The van der Waals surface area contributed by atoms with E-state index in [1.165, 1.54) is 0 Å². The van der Waals surface area contributed by atoms with Gasteiger partial charge in [-0.15, -0.1) is 10.2 Å². The molecule has 24 heavy (non-hydrogen) atoms. The van der Waals surface area contributed by atoms with Gasteiger partial charge in [0, 0.05) is 10.6 Å². The van der Waals surface area contributed by atoms with Gasteiger partial charge in [0.25, 0.3) is 5.22 Å². The minimum Gasteiger partial charge on any atom is -0.426 e. The first-order chi connectivity index (χ1) is 11.6. The molecule has 0 amide bonds. The van der Waals surface area contributed by atoms with E-state index in [9.17, 15) is 4.79 Å². The van der Waals surface area contributed by atoms with Crippen LogP contribution < -0.4 is 4.74 Å². The Morgan fingerprint density at radius 2 is 1.83 bits per heavy atom. The normalized spacial score (nSPS) is 10.6. The lowest BCUT2D eigenvalue weighted by atomic mass is 10.2. The van der Waals surface area contributed by atoms with Crippen molar-refractivity contribution in [3.63, 3.8) is 0 Å². The molecule has 0 aliphatic carbocycles. The SMILES string of the molecule is Cc1ccc(OC(=O)CSc2nnc(-c3ccc(Cl)cc3)o2)cc1. The van der Waals surface area contributed by atoms with Gasteiger partial charge < -0.3 is 9.15 Å². The molecule has 0 unspecified atom stereocenters. The monoisotopic (exact) mass is 360 g/mol. The van der Waals surface area contributed by atoms with Gasteiger partial charge in [-0.3, -0.25) is 4.79 Å². The fourth-order valence-corrected chi connectivity index (χ4v) is 2.53. The minimum atomic E-state index is -0.380. The van der Waals surface area contributed by atoms with Crippen LogP contribution in [0.5, 0.6) is 5.75 Å². The lowest BCUT2D eigenvalue weighted by molar-refractivity contribution is -0.131. The van der Waals surface area contributed by atoms with Gasteiger partial charge in [-0.05, 0) is 43.3 Å². The molecule has 122 valence electrons. The molecule has 0 aliphatic heterocycles. The van der Waals surface area contributed by atoms with Gasteiger partial charge in [0.1, 0.15) is 11.5 Å². The van der Waals surface area contributed by atoms with Crippen molar-refractivity contribution in [2.45, 2.75) is 12.1 Å². The number of rotatable bonds is 5. The van der Waals surface area contributed by atoms with Crippen LogP contribution in [0.25, 0.3) is 11.5 Å². The van der Waals surface area contributed by atoms with Gasteiger partial charge >= 0.3 is 5.97 Å². The third kappa shape index (κ3) is 4.37. The molecule has 5 nitrogen and oxygen atoms in total. The molecule has 3 rings (SSSR count). The lowest BCUT2D eigenvalue weighted by Gasteiger charge is -2.03. The maximum Gasteiger partial charge on any atom is 0.321 e. The highest BCUT2D eigenvalue weighted by molar-refractivity contribution is 7.99. The zero-order chi connectivity index (χ0) is 16.9. The van der Waals surface area contributed by atoms with Crippen LogP contribution in [0.1, 0.15) is 5.56 Å². The molecule has 0 fully saturated rings. The lowest BCUT2D eigenvalue weighted by Crippen LogP contribution is -2.10. The summed E-state index contributed by atoms with van der Waals surface area (Å²) >= 11 is 6.97. The van der Waals surface area contributed by atoms with Crippen molar-refractivity contribution in [3.05, 3.63) is 59.1 Å². The highest BCUT2D eigenvalue weighted by Gasteiger charge is 2.12. The molecule has 0 radical (unpaired) electrons. The summed E-state index contributed by atoms with van der Waals surface area (Å²) in [5, 5.41) is 8.80. The van der Waals surface area contributed by atoms with E-state index in [1.54, 1.807) is 36.4 Å². The van der Waals surface area contributed by atoms with E-state index in [1.807, 2.05) is 19.1 Å². The molecule has 0 saturated carbocycles. The van der Waals surface area contributed by atoms with Crippen LogP contribution in [-0.2, 0) is 4.79 Å². The van der Waals surface area contributed by atoms with E-state index in [0.29, 0.717) is 21.9 Å². The van der Waals surface area contributed by atoms with Crippen molar-refractivity contribution in [1.29, 1.82) is 0 Å². The number of nitrogens with zero attached hydrogens (tertiary/aromatic N) is 2. The van der Waals surface area contributed by atoms with Crippen LogP contribution >= 0.6 is 23.4 Å². The van der Waals surface area contributed by atoms with Gasteiger partial charge in [0.05, 0.1) is 0 Å². The van der Waals surface area contributed by atoms with E-state index in [2.05, 4.69) is 10.2 Å². The van der Waals surface area contributed by atoms with Gasteiger partial charge in [-0.2, -0.15) is 0 Å². The molecule has 3 aromatic rings. The van der Waals surface area contributed by atoms with Crippen LogP contribution in [-0.4, -0.2) is 21.9 Å². The van der Waals surface area contributed by atoms with Crippen molar-refractivity contribution < 1.29 is 13.9 Å². The number of hydrogen-bond acceptors (Lipinski definition) is 6. The van der Waals surface area contributed by atoms with Gasteiger partial charge in [0.2, 0.25) is 5.89 Å². The zero-order valence-electron chi connectivity index (χ0n) is 12.7. The third-order valence-corrected chi connectivity index (χ3v) is 4.11. The van der Waals surface area contributed by atoms with Crippen LogP contribution in [0.4, 0.5) is 0 Å². The topological polar surface area (TPSA) is 65.2 Å². The van der Waals surface area contributed by atoms with Crippen molar-refractivity contribution in [2.24, 2.45) is 0 Å². The first-order valence-electron chi connectivity index (χ1n) is 7.10. The summed E-state index contributed by atoms with van der Waals surface area (Å²) in [5.74, 6) is 0.589. The van der Waals surface area contributed by atoms with Crippen LogP contribution in [0, 0.1) is 6.92 Å². The molecular weight excluding hydrogens is 348 g/mol. The first-order valence-corrected chi connectivity index (χ1v) is 8.46. The standard InChI is InChI=1S/C17H13ClN2O3S/c1-11-2-8-14(9-3-11)22-15(21)10-24-17-20-19-16(23-17)12-4-6-13(18)7-5-12/h2-9H,10H2,1H3. The second kappa shape index (κ2) is 7.51. The molecule has 0 spiro atoms. The fraction of sp³-hybridized carbons (Fsp3) is 0.118. The summed E-state index contributed by atoms with van der Waals surface area (Å²) in [6.45, 7) is 1.97. The van der Waals surface area contributed by atoms with Crippen LogP contribution in [0.15, 0.2) is 58.2 Å². The maximum absolute atomic E-state index is 11.8. The Morgan fingerprint density at radius 1 is 1.12 bits per heavy atom. The Hall–Kier alpha value is -2.31. The van der Waals surface area contributed by atoms with E-state index in [0.717, 1.165) is 22.9 Å². The number of aromatic nitrogens is 2. The van der Waals surface area contributed by atoms with Crippen LogP contribution in [0.2, 0.25) is 5.02 Å². The average Bonchev–Trinajstić information content (AvgIpc) is 3.05. The number of aryl methyl sites for hydroxylation is 1. The highest BCUT2D eigenvalue weighted by atomic mass is 35.5. The van der Waals surface area contributed by atoms with E-state index in [4.69, 9.17) is 20.8 Å². The van der Waals surface area contributed by atoms with E-state index < -0.39 is 0 Å². The predicted molar refractivity (Wildman–Crippen MR) is 92.3 cm³/mol. The van der Waals surface area contributed by atoms with Crippen molar-refractivity contribution >= 4 is 29.3 Å². The number of thioether (sulfide) groups is 1. The number of carbonyl (C=O) groups is 1. The summed E-state index contributed by atoms with van der Waals surface area (Å²) in [7, 11) is 0. The Kier molecular flexibility index (Phi) is 5.17. The Bertz CT molecular complexity index is 832. The molecule has 0 N–H and O–H groups in total. The molecule has 0 bridgehead atoms. The Balaban J connectivity index is 1.56. The smallest absolute Gasteiger partial charge is 0.321 e. The molecule has 0 saturated heterocycles. The van der Waals surface area contributed by atoms with E-state index in [-0.39, 0.29) is 11.7 Å². The molecule has 1 aromatic heterocycles. The highest BCUT2D eigenvalue weighted by Crippen LogP contribution is 2.24. The molecule has 0 aliphatic rings. The van der Waals surface area contributed by atoms with E-state index >= 15 is 0 Å². The summed E-state index contributed by atoms with van der Waals surface area (Å²) in [6.07, 6.45) is 0. The Morgan fingerprint density at radius 3 is 2.54 bits per heavy atom. The number of esters is 1. The van der Waals surface area contributed by atoms with Crippen molar-refractivity contribution in [1.82, 2.24) is 10.2 Å². The van der Waals surface area contributed by atoms with Crippen molar-refractivity contribution in [3.8, 4) is 17.2 Å². The van der Waals surface area contributed by atoms with Gasteiger partial charge in [-0.25, -0.2) is 0 Å². The average molecular weight is 361 g/mol. The van der Waals surface area contributed by atoms with Crippen LogP contribution in [0.3, 0.4) is 0 Å². The fourth-order valence-electron chi connectivity index (χ4n) is 1.87. The molecule has 0 atom stereocenters. The summed E-state index contributed by atoms with van der Waals surface area (Å²) in [6, 6.07) is 14.3. The second-order valence-corrected chi connectivity index (χ2v) is 6.32. The number of halogens is 1. The number of carbonyl (C=O) groups excluding carboxylic acids is 1. The van der Waals surface area contributed by atoms with Gasteiger partial charge in [-0.1, -0.05) is 41.1 Å². The minimum absolute atomic E-state index is 0.0795. The summed E-state index contributed by atoms with van der Waals surface area (Å²) in [4.78, 5) is 11.8. The number of benzene rings is 2. The molecule has 2 aromatic carbocycles. The number of ether oxygens (including phenoxy) is 1. The Labute approximate surface area is 148 Å². The largest absolute Gasteiger partial charge is 0.426 e. The molecular formula is C17H13ClN2O3S. The maximum atomic E-state index is 11.8. The van der Waals surface area contributed by atoms with Crippen molar-refractivity contribution in [2.75, 3.05) is 5.75 Å². The zero-order valence-corrected chi connectivity index (χ0v) is 14.3. The third-order valence-electron chi connectivity index (χ3n) is 3.06. The molecule has 1 heterocycles. The quantitative estimate of drug-likeness (QED) is 0.382. The molecule has 7 heteroatoms. The van der Waals surface area contributed by atoms with Gasteiger partial charge in [0.15, 0.2) is 0 Å². The number of hydrogen-bond donors (Lipinski definition) is 0. The first kappa shape index (κ1) is 16.5. The second-order valence-electron chi connectivity index (χ2n) is 4.96.